The molecule has 2 aromatic carbocycles. The molecule has 6 heteroatoms. The summed E-state index contributed by atoms with van der Waals surface area (Å²) in [5, 5.41) is 11.0. The van der Waals surface area contributed by atoms with Crippen molar-refractivity contribution in [1.29, 1.82) is 0 Å². The van der Waals surface area contributed by atoms with Crippen LogP contribution in [0.5, 0.6) is 0 Å². The van der Waals surface area contributed by atoms with Crippen LogP contribution in [0.4, 0.5) is 10.1 Å². The number of benzene rings is 2. The van der Waals surface area contributed by atoms with E-state index in [9.17, 15) is 9.18 Å². The van der Waals surface area contributed by atoms with Crippen molar-refractivity contribution < 1.29 is 4.39 Å². The van der Waals surface area contributed by atoms with Crippen LogP contribution in [0.25, 0.3) is 22.2 Å². The Bertz CT molecular complexity index is 1080. The first kappa shape index (κ1) is 15.1. The van der Waals surface area contributed by atoms with E-state index in [1.807, 2.05) is 12.1 Å². The highest BCUT2D eigenvalue weighted by Gasteiger charge is 2.08. The van der Waals surface area contributed by atoms with Gasteiger partial charge >= 0.3 is 0 Å². The van der Waals surface area contributed by atoms with Crippen LogP contribution in [0.3, 0.4) is 0 Å². The number of fused-ring (bicyclic) bond motifs is 1. The molecule has 0 unspecified atom stereocenters. The molecular formula is C19H15FN4O. The number of nitrogens with zero attached hydrogens (tertiary/aromatic N) is 1. The predicted molar refractivity (Wildman–Crippen MR) is 95.9 cm³/mol. The van der Waals surface area contributed by atoms with Gasteiger partial charge in [0.2, 0.25) is 0 Å². The van der Waals surface area contributed by atoms with E-state index in [1.165, 1.54) is 18.2 Å². The maximum atomic E-state index is 13.1. The van der Waals surface area contributed by atoms with Crippen molar-refractivity contribution in [2.75, 3.05) is 5.32 Å². The van der Waals surface area contributed by atoms with Gasteiger partial charge in [-0.15, -0.1) is 0 Å². The quantitative estimate of drug-likeness (QED) is 0.533. The van der Waals surface area contributed by atoms with E-state index in [2.05, 4.69) is 20.5 Å². The van der Waals surface area contributed by atoms with Gasteiger partial charge in [-0.3, -0.25) is 9.89 Å². The molecule has 0 saturated carbocycles. The lowest BCUT2D eigenvalue weighted by atomic mass is 10.1. The van der Waals surface area contributed by atoms with Gasteiger partial charge in [0.1, 0.15) is 5.82 Å². The lowest BCUT2D eigenvalue weighted by molar-refractivity contribution is 0.628. The molecule has 0 saturated heterocycles. The van der Waals surface area contributed by atoms with Crippen LogP contribution in [0.1, 0.15) is 5.56 Å². The van der Waals surface area contributed by atoms with Gasteiger partial charge in [0.15, 0.2) is 5.43 Å². The molecule has 0 spiro atoms. The Morgan fingerprint density at radius 3 is 2.76 bits per heavy atom. The summed E-state index contributed by atoms with van der Waals surface area (Å²) in [5.41, 5.74) is 4.35. The molecule has 0 fully saturated rings. The molecule has 4 rings (SSSR count). The third-order valence-electron chi connectivity index (χ3n) is 4.09. The summed E-state index contributed by atoms with van der Waals surface area (Å²) >= 11 is 0. The van der Waals surface area contributed by atoms with Gasteiger partial charge in [0, 0.05) is 41.0 Å². The summed E-state index contributed by atoms with van der Waals surface area (Å²) in [6, 6.07) is 13.4. The standard InChI is InChI=1S/C19H15FN4O/c20-14-3-1-12(2-4-14)19-13(11-23-24-19)10-22-15-5-6-16-17(9-15)21-8-7-18(16)25/h1-9,11,22H,10H2,(H,21,25)(H,23,24). The van der Waals surface area contributed by atoms with Gasteiger partial charge in [-0.05, 0) is 42.5 Å². The summed E-state index contributed by atoms with van der Waals surface area (Å²) in [5.74, 6) is -0.270. The molecule has 2 aromatic heterocycles. The molecule has 2 heterocycles. The molecule has 0 aliphatic rings. The van der Waals surface area contributed by atoms with E-state index < -0.39 is 0 Å². The fraction of sp³-hybridized carbons (Fsp3) is 0.0526. The number of nitrogens with one attached hydrogen (secondary N) is 3. The molecule has 0 bridgehead atoms. The zero-order valence-corrected chi connectivity index (χ0v) is 13.2. The van der Waals surface area contributed by atoms with Crippen LogP contribution in [0.15, 0.2) is 65.7 Å². The number of rotatable bonds is 4. The highest BCUT2D eigenvalue weighted by atomic mass is 19.1. The number of aromatic nitrogens is 3. The van der Waals surface area contributed by atoms with Crippen LogP contribution < -0.4 is 10.7 Å². The normalized spacial score (nSPS) is 10.9. The molecular weight excluding hydrogens is 319 g/mol. The van der Waals surface area contributed by atoms with Gasteiger partial charge < -0.3 is 10.3 Å². The van der Waals surface area contributed by atoms with Crippen molar-refractivity contribution in [2.45, 2.75) is 6.54 Å². The highest BCUT2D eigenvalue weighted by molar-refractivity contribution is 5.81. The molecule has 0 radical (unpaired) electrons. The van der Waals surface area contributed by atoms with E-state index >= 15 is 0 Å². The summed E-state index contributed by atoms with van der Waals surface area (Å²) < 4.78 is 13.1. The third kappa shape index (κ3) is 3.01. The Kier molecular flexibility index (Phi) is 3.78. The van der Waals surface area contributed by atoms with Crippen molar-refractivity contribution in [2.24, 2.45) is 0 Å². The summed E-state index contributed by atoms with van der Waals surface area (Å²) in [4.78, 5) is 14.9. The van der Waals surface area contributed by atoms with E-state index in [-0.39, 0.29) is 11.2 Å². The maximum Gasteiger partial charge on any atom is 0.189 e. The highest BCUT2D eigenvalue weighted by Crippen LogP contribution is 2.23. The van der Waals surface area contributed by atoms with Crippen LogP contribution in [-0.2, 0) is 6.54 Å². The second-order valence-corrected chi connectivity index (χ2v) is 5.73. The summed E-state index contributed by atoms with van der Waals surface area (Å²) in [6.45, 7) is 0.547. The fourth-order valence-corrected chi connectivity index (χ4v) is 2.79. The number of anilines is 1. The Labute approximate surface area is 142 Å². The van der Waals surface area contributed by atoms with Gasteiger partial charge in [0.25, 0.3) is 0 Å². The van der Waals surface area contributed by atoms with E-state index in [4.69, 9.17) is 0 Å². The molecule has 0 amide bonds. The summed E-state index contributed by atoms with van der Waals surface area (Å²) in [7, 11) is 0. The van der Waals surface area contributed by atoms with Crippen LogP contribution in [-0.4, -0.2) is 15.2 Å². The SMILES string of the molecule is O=c1cc[nH]c2cc(NCc3cn[nH]c3-c3ccc(F)cc3)ccc12. The fourth-order valence-electron chi connectivity index (χ4n) is 2.79. The molecule has 5 nitrogen and oxygen atoms in total. The van der Waals surface area contributed by atoms with E-state index in [1.54, 1.807) is 30.6 Å². The van der Waals surface area contributed by atoms with Crippen molar-refractivity contribution in [1.82, 2.24) is 15.2 Å². The smallest absolute Gasteiger partial charge is 0.189 e. The Morgan fingerprint density at radius 2 is 1.92 bits per heavy atom. The summed E-state index contributed by atoms with van der Waals surface area (Å²) in [6.07, 6.45) is 3.38. The largest absolute Gasteiger partial charge is 0.381 e. The predicted octanol–water partition coefficient (Wildman–Crippen LogP) is 3.67. The number of hydrogen-bond acceptors (Lipinski definition) is 3. The molecule has 124 valence electrons. The first-order chi connectivity index (χ1) is 12.2. The van der Waals surface area contributed by atoms with Crippen molar-refractivity contribution in [3.63, 3.8) is 0 Å². The van der Waals surface area contributed by atoms with Crippen LogP contribution in [0, 0.1) is 5.82 Å². The van der Waals surface area contributed by atoms with E-state index in [0.29, 0.717) is 11.9 Å². The molecule has 4 aromatic rings. The van der Waals surface area contributed by atoms with Gasteiger partial charge in [-0.2, -0.15) is 5.10 Å². The third-order valence-corrected chi connectivity index (χ3v) is 4.09. The minimum Gasteiger partial charge on any atom is -0.381 e. The zero-order valence-electron chi connectivity index (χ0n) is 13.2. The number of pyridine rings is 1. The van der Waals surface area contributed by atoms with Crippen LogP contribution >= 0.6 is 0 Å². The van der Waals surface area contributed by atoms with E-state index in [0.717, 1.165) is 28.0 Å². The lowest BCUT2D eigenvalue weighted by Gasteiger charge is -2.08. The first-order valence-electron chi connectivity index (χ1n) is 7.84. The second-order valence-electron chi connectivity index (χ2n) is 5.73. The Morgan fingerprint density at radius 1 is 1.08 bits per heavy atom. The molecule has 0 aliphatic heterocycles. The van der Waals surface area contributed by atoms with Crippen molar-refractivity contribution in [3.05, 3.63) is 82.5 Å². The minimum atomic E-state index is -0.270. The lowest BCUT2D eigenvalue weighted by Crippen LogP contribution is -2.03. The monoisotopic (exact) mass is 334 g/mol. The topological polar surface area (TPSA) is 73.6 Å². The number of aromatic amines is 2. The van der Waals surface area contributed by atoms with Crippen molar-refractivity contribution in [3.8, 4) is 11.3 Å². The second kappa shape index (κ2) is 6.24. The van der Waals surface area contributed by atoms with Crippen LogP contribution in [0.2, 0.25) is 0 Å². The maximum absolute atomic E-state index is 13.1. The molecule has 25 heavy (non-hydrogen) atoms. The number of halogens is 1. The molecule has 0 atom stereocenters. The average molecular weight is 334 g/mol. The van der Waals surface area contributed by atoms with Gasteiger partial charge in [-0.1, -0.05) is 0 Å². The number of H-pyrrole nitrogens is 2. The number of hydrogen-bond donors (Lipinski definition) is 3. The average Bonchev–Trinajstić information content (AvgIpc) is 3.09. The molecule has 0 aliphatic carbocycles. The Hall–Kier alpha value is -3.41. The van der Waals surface area contributed by atoms with Crippen molar-refractivity contribution >= 4 is 16.6 Å². The van der Waals surface area contributed by atoms with Gasteiger partial charge in [0.05, 0.1) is 17.4 Å². The van der Waals surface area contributed by atoms with Gasteiger partial charge in [-0.25, -0.2) is 4.39 Å². The Balaban J connectivity index is 1.57. The first-order valence-corrected chi connectivity index (χ1v) is 7.84. The molecule has 3 N–H and O–H groups in total. The zero-order chi connectivity index (χ0) is 17.2. The minimum absolute atomic E-state index is 0.00580.